The minimum atomic E-state index is -0.396. The fourth-order valence-corrected chi connectivity index (χ4v) is 2.02. The first-order valence-electron chi connectivity index (χ1n) is 6.01. The van der Waals surface area contributed by atoms with Gasteiger partial charge in [-0.15, -0.1) is 0 Å². The largest absolute Gasteiger partial charge is 0.382 e. The lowest BCUT2D eigenvalue weighted by molar-refractivity contribution is -0.384. The van der Waals surface area contributed by atoms with Gasteiger partial charge >= 0.3 is 0 Å². The normalized spacial score (nSPS) is 11.9. The number of anilines is 1. The molecular formula is C13H18N4O2. The number of hydrogen-bond acceptors (Lipinski definition) is 5. The van der Waals surface area contributed by atoms with Gasteiger partial charge in [0.1, 0.15) is 5.69 Å². The summed E-state index contributed by atoms with van der Waals surface area (Å²) < 4.78 is 0. The maximum Gasteiger partial charge on any atom is 0.292 e. The molecule has 1 atom stereocenters. The third kappa shape index (κ3) is 3.93. The molecule has 0 amide bonds. The van der Waals surface area contributed by atoms with Crippen LogP contribution in [-0.2, 0) is 6.54 Å². The van der Waals surface area contributed by atoms with Crippen LogP contribution in [0, 0.1) is 27.4 Å². The molecule has 1 aromatic carbocycles. The van der Waals surface area contributed by atoms with Gasteiger partial charge in [-0.3, -0.25) is 10.1 Å². The highest BCUT2D eigenvalue weighted by Gasteiger charge is 2.17. The average Bonchev–Trinajstić information content (AvgIpc) is 2.37. The molecule has 102 valence electrons. The Labute approximate surface area is 112 Å². The van der Waals surface area contributed by atoms with E-state index in [2.05, 4.69) is 11.4 Å². The number of nitrogens with zero attached hydrogens (tertiary/aromatic N) is 3. The summed E-state index contributed by atoms with van der Waals surface area (Å²) in [5.74, 6) is -0.0678. The summed E-state index contributed by atoms with van der Waals surface area (Å²) in [6, 6.07) is 7.18. The molecule has 1 N–H and O–H groups in total. The van der Waals surface area contributed by atoms with Crippen LogP contribution >= 0.6 is 0 Å². The molecule has 0 aliphatic heterocycles. The maximum atomic E-state index is 11.0. The van der Waals surface area contributed by atoms with Gasteiger partial charge in [-0.05, 0) is 19.5 Å². The number of nitro benzene ring substituents is 1. The summed E-state index contributed by atoms with van der Waals surface area (Å²) in [7, 11) is 3.57. The lowest BCUT2D eigenvalue weighted by Gasteiger charge is -2.19. The molecule has 1 aromatic rings. The number of nitriles is 1. The number of para-hydroxylation sites is 1. The van der Waals surface area contributed by atoms with E-state index in [0.29, 0.717) is 18.8 Å². The summed E-state index contributed by atoms with van der Waals surface area (Å²) in [4.78, 5) is 12.5. The molecule has 0 radical (unpaired) electrons. The lowest BCUT2D eigenvalue weighted by Crippen LogP contribution is -2.23. The van der Waals surface area contributed by atoms with Gasteiger partial charge in [-0.2, -0.15) is 5.26 Å². The summed E-state index contributed by atoms with van der Waals surface area (Å²) in [6.45, 7) is 3.04. The van der Waals surface area contributed by atoms with E-state index in [-0.39, 0.29) is 11.6 Å². The zero-order valence-electron chi connectivity index (χ0n) is 11.4. The molecule has 19 heavy (non-hydrogen) atoms. The van der Waals surface area contributed by atoms with Crippen LogP contribution in [-0.4, -0.2) is 30.5 Å². The Hall–Kier alpha value is -2.13. The molecule has 0 aromatic heterocycles. The van der Waals surface area contributed by atoms with Crippen LogP contribution in [0.4, 0.5) is 11.4 Å². The second-order valence-corrected chi connectivity index (χ2v) is 4.55. The molecule has 0 bridgehead atoms. The third-order valence-corrected chi connectivity index (χ3v) is 2.82. The Bertz CT molecular complexity index is 496. The van der Waals surface area contributed by atoms with E-state index in [4.69, 9.17) is 5.26 Å². The molecule has 0 heterocycles. The zero-order valence-corrected chi connectivity index (χ0v) is 11.4. The van der Waals surface area contributed by atoms with Crippen LogP contribution in [0.25, 0.3) is 0 Å². The topological polar surface area (TPSA) is 82.2 Å². The molecule has 0 aliphatic carbocycles. The molecular weight excluding hydrogens is 244 g/mol. The van der Waals surface area contributed by atoms with Gasteiger partial charge in [0.05, 0.1) is 16.9 Å². The van der Waals surface area contributed by atoms with Gasteiger partial charge in [-0.25, -0.2) is 0 Å². The van der Waals surface area contributed by atoms with Gasteiger partial charge < -0.3 is 10.2 Å². The molecule has 0 fully saturated rings. The maximum absolute atomic E-state index is 11.0. The van der Waals surface area contributed by atoms with Crippen molar-refractivity contribution in [3.05, 3.63) is 33.9 Å². The first kappa shape index (κ1) is 14.9. The highest BCUT2D eigenvalue weighted by molar-refractivity contribution is 5.66. The van der Waals surface area contributed by atoms with Crippen molar-refractivity contribution in [2.75, 3.05) is 26.0 Å². The van der Waals surface area contributed by atoms with Crippen molar-refractivity contribution >= 4 is 11.4 Å². The fourth-order valence-electron chi connectivity index (χ4n) is 2.02. The lowest BCUT2D eigenvalue weighted by atomic mass is 10.1. The first-order chi connectivity index (χ1) is 8.99. The van der Waals surface area contributed by atoms with Gasteiger partial charge in [0.25, 0.3) is 5.69 Å². The second-order valence-electron chi connectivity index (χ2n) is 4.55. The SMILES string of the molecule is CNc1c(CN(C)CC(C)C#N)cccc1[N+](=O)[O-]. The highest BCUT2D eigenvalue weighted by Crippen LogP contribution is 2.28. The van der Waals surface area contributed by atoms with E-state index in [9.17, 15) is 10.1 Å². The van der Waals surface area contributed by atoms with E-state index in [1.807, 2.05) is 24.9 Å². The summed E-state index contributed by atoms with van der Waals surface area (Å²) in [6.07, 6.45) is 0. The predicted octanol–water partition coefficient (Wildman–Crippen LogP) is 2.23. The van der Waals surface area contributed by atoms with Crippen molar-refractivity contribution < 1.29 is 4.92 Å². The Morgan fingerprint density at radius 2 is 2.26 bits per heavy atom. The molecule has 6 nitrogen and oxygen atoms in total. The van der Waals surface area contributed by atoms with Gasteiger partial charge in [0.15, 0.2) is 0 Å². The fraction of sp³-hybridized carbons (Fsp3) is 0.462. The molecule has 6 heteroatoms. The average molecular weight is 262 g/mol. The Kier molecular flexibility index (Phi) is 5.27. The van der Waals surface area contributed by atoms with Crippen LogP contribution in [0.5, 0.6) is 0 Å². The summed E-state index contributed by atoms with van der Waals surface area (Å²) in [5.41, 5.74) is 1.45. The quantitative estimate of drug-likeness (QED) is 0.628. The Morgan fingerprint density at radius 3 is 2.79 bits per heavy atom. The molecule has 1 unspecified atom stereocenters. The van der Waals surface area contributed by atoms with Crippen LogP contribution in [0.15, 0.2) is 18.2 Å². The number of benzene rings is 1. The van der Waals surface area contributed by atoms with E-state index in [0.717, 1.165) is 5.56 Å². The van der Waals surface area contributed by atoms with Gasteiger partial charge in [0.2, 0.25) is 0 Å². The first-order valence-corrected chi connectivity index (χ1v) is 6.01. The Morgan fingerprint density at radius 1 is 1.58 bits per heavy atom. The van der Waals surface area contributed by atoms with Crippen molar-refractivity contribution in [3.63, 3.8) is 0 Å². The zero-order chi connectivity index (χ0) is 14.4. The number of hydrogen-bond donors (Lipinski definition) is 1. The molecule has 0 spiro atoms. The van der Waals surface area contributed by atoms with Crippen molar-refractivity contribution in [2.45, 2.75) is 13.5 Å². The smallest absolute Gasteiger partial charge is 0.292 e. The van der Waals surface area contributed by atoms with E-state index in [1.165, 1.54) is 6.07 Å². The van der Waals surface area contributed by atoms with Gasteiger partial charge in [0, 0.05) is 26.2 Å². The minimum absolute atomic E-state index is 0.0678. The summed E-state index contributed by atoms with van der Waals surface area (Å²) >= 11 is 0. The van der Waals surface area contributed by atoms with Crippen molar-refractivity contribution in [1.29, 1.82) is 5.26 Å². The molecule has 0 saturated carbocycles. The number of nitrogens with one attached hydrogen (secondary N) is 1. The van der Waals surface area contributed by atoms with Crippen molar-refractivity contribution in [2.24, 2.45) is 5.92 Å². The minimum Gasteiger partial charge on any atom is -0.382 e. The molecule has 1 rings (SSSR count). The van der Waals surface area contributed by atoms with E-state index < -0.39 is 4.92 Å². The van der Waals surface area contributed by atoms with E-state index in [1.54, 1.807) is 13.1 Å². The van der Waals surface area contributed by atoms with Crippen LogP contribution in [0.3, 0.4) is 0 Å². The highest BCUT2D eigenvalue weighted by atomic mass is 16.6. The van der Waals surface area contributed by atoms with Crippen LogP contribution < -0.4 is 5.32 Å². The van der Waals surface area contributed by atoms with E-state index >= 15 is 0 Å². The molecule has 0 saturated heterocycles. The predicted molar refractivity (Wildman–Crippen MR) is 73.8 cm³/mol. The van der Waals surface area contributed by atoms with Gasteiger partial charge in [-0.1, -0.05) is 12.1 Å². The summed E-state index contributed by atoms with van der Waals surface area (Å²) in [5, 5.41) is 22.6. The monoisotopic (exact) mass is 262 g/mol. The van der Waals surface area contributed by atoms with Crippen LogP contribution in [0.1, 0.15) is 12.5 Å². The standard InChI is InChI=1S/C13H18N4O2/c1-10(7-14)8-16(3)9-11-5-4-6-12(17(18)19)13(11)15-2/h4-6,10,15H,8-9H2,1-3H3. The van der Waals surface area contributed by atoms with Crippen LogP contribution in [0.2, 0.25) is 0 Å². The van der Waals surface area contributed by atoms with Crippen molar-refractivity contribution in [1.82, 2.24) is 4.90 Å². The number of rotatable bonds is 6. The Balaban J connectivity index is 2.92. The number of nitro groups is 1. The van der Waals surface area contributed by atoms with Crippen molar-refractivity contribution in [3.8, 4) is 6.07 Å². The third-order valence-electron chi connectivity index (χ3n) is 2.82. The second kappa shape index (κ2) is 6.71. The molecule has 0 aliphatic rings.